The predicted octanol–water partition coefficient (Wildman–Crippen LogP) is 4.07. The summed E-state index contributed by atoms with van der Waals surface area (Å²) in [5.41, 5.74) is 1.97. The third kappa shape index (κ3) is 4.42. The molecule has 2 aromatic heterocycles. The van der Waals surface area contributed by atoms with Gasteiger partial charge in [-0.3, -0.25) is 9.59 Å². The van der Waals surface area contributed by atoms with E-state index in [4.69, 9.17) is 9.47 Å². The summed E-state index contributed by atoms with van der Waals surface area (Å²) >= 11 is 2.47. The first-order valence-electron chi connectivity index (χ1n) is 9.20. The van der Waals surface area contributed by atoms with E-state index in [1.807, 2.05) is 6.92 Å². The van der Waals surface area contributed by atoms with Crippen molar-refractivity contribution in [2.24, 2.45) is 0 Å². The van der Waals surface area contributed by atoms with Gasteiger partial charge in [0.25, 0.3) is 5.91 Å². The minimum absolute atomic E-state index is 0.207. The van der Waals surface area contributed by atoms with Crippen LogP contribution in [0.1, 0.15) is 46.6 Å². The van der Waals surface area contributed by atoms with Crippen LogP contribution in [0, 0.1) is 6.92 Å². The number of ether oxygens (including phenoxy) is 2. The number of fused-ring (bicyclic) bond motifs is 1. The molecule has 1 aromatic carbocycles. The molecule has 11 heteroatoms. The topological polar surface area (TPSA) is 120 Å². The zero-order valence-corrected chi connectivity index (χ0v) is 18.7. The predicted molar refractivity (Wildman–Crippen MR) is 117 cm³/mol. The fourth-order valence-corrected chi connectivity index (χ4v) is 4.68. The quantitative estimate of drug-likeness (QED) is 0.566. The van der Waals surface area contributed by atoms with Gasteiger partial charge in [-0.25, -0.2) is 14.8 Å². The number of carbonyl (C=O) groups excluding carboxylic acids is 3. The van der Waals surface area contributed by atoms with Crippen molar-refractivity contribution in [1.29, 1.82) is 0 Å². The van der Waals surface area contributed by atoms with E-state index < -0.39 is 17.7 Å². The molecule has 0 bridgehead atoms. The molecule has 1 aliphatic rings. The Morgan fingerprint density at radius 3 is 2.65 bits per heavy atom. The first-order valence-corrected chi connectivity index (χ1v) is 10.9. The van der Waals surface area contributed by atoms with E-state index in [0.717, 1.165) is 4.88 Å². The molecule has 0 saturated heterocycles. The number of cyclic esters (lactones) is 1. The summed E-state index contributed by atoms with van der Waals surface area (Å²) in [5.74, 6) is -1.78. The second kappa shape index (κ2) is 7.75. The first-order chi connectivity index (χ1) is 14.6. The molecule has 0 radical (unpaired) electrons. The van der Waals surface area contributed by atoms with Gasteiger partial charge in [0.1, 0.15) is 11.3 Å². The van der Waals surface area contributed by atoms with Crippen LogP contribution in [0.15, 0.2) is 23.6 Å². The number of rotatable bonds is 4. The number of aromatic nitrogens is 2. The lowest BCUT2D eigenvalue weighted by atomic mass is 10.1. The number of amides is 2. The van der Waals surface area contributed by atoms with E-state index in [1.54, 1.807) is 31.4 Å². The molecule has 0 aliphatic carbocycles. The number of hydrogen-bond donors (Lipinski definition) is 2. The summed E-state index contributed by atoms with van der Waals surface area (Å²) in [6, 6.07) is 4.77. The number of anilines is 2. The van der Waals surface area contributed by atoms with Gasteiger partial charge < -0.3 is 20.1 Å². The lowest BCUT2D eigenvalue weighted by molar-refractivity contribution is -0.127. The van der Waals surface area contributed by atoms with Crippen LogP contribution in [-0.4, -0.2) is 33.5 Å². The molecule has 160 valence electrons. The monoisotopic (exact) mass is 458 g/mol. The third-order valence-electron chi connectivity index (χ3n) is 4.16. The number of aryl methyl sites for hydroxylation is 1. The normalized spacial score (nSPS) is 14.3. The van der Waals surface area contributed by atoms with Gasteiger partial charge in [-0.2, -0.15) is 0 Å². The summed E-state index contributed by atoms with van der Waals surface area (Å²) in [5, 5.41) is 7.87. The Balaban J connectivity index is 1.52. The van der Waals surface area contributed by atoms with Crippen LogP contribution >= 0.6 is 22.7 Å². The number of hydrogen-bond acceptors (Lipinski definition) is 9. The largest absolute Gasteiger partial charge is 0.452 e. The van der Waals surface area contributed by atoms with Gasteiger partial charge in [0, 0.05) is 31.8 Å². The lowest BCUT2D eigenvalue weighted by Gasteiger charge is -2.31. The van der Waals surface area contributed by atoms with Crippen molar-refractivity contribution in [3.8, 4) is 16.3 Å². The molecule has 3 aromatic rings. The molecule has 0 saturated carbocycles. The number of nitrogens with zero attached hydrogens (tertiary/aromatic N) is 2. The van der Waals surface area contributed by atoms with Gasteiger partial charge >= 0.3 is 5.97 Å². The number of nitrogens with one attached hydrogen (secondary N) is 2. The maximum Gasteiger partial charge on any atom is 0.345 e. The van der Waals surface area contributed by atoms with Crippen LogP contribution < -0.4 is 15.4 Å². The van der Waals surface area contributed by atoms with Crippen molar-refractivity contribution in [2.45, 2.75) is 33.5 Å². The Morgan fingerprint density at radius 1 is 1.13 bits per heavy atom. The second-order valence-electron chi connectivity index (χ2n) is 7.21. The molecule has 2 amide bonds. The standard InChI is InChI=1S/C20H18N4O5S2/c1-9-15(31-19(21-9)22-10(2)25)13-8-30-17(24-13)16(26)23-11-5-6-14-12(7-11)18(27)29-20(3,4)28-14/h5-8H,1-4H3,(H,23,26)(H,21,22,25). The molecule has 0 unspecified atom stereocenters. The van der Waals surface area contributed by atoms with Gasteiger partial charge in [0.2, 0.25) is 11.7 Å². The highest BCUT2D eigenvalue weighted by molar-refractivity contribution is 7.19. The van der Waals surface area contributed by atoms with Crippen LogP contribution in [-0.2, 0) is 9.53 Å². The maximum absolute atomic E-state index is 12.7. The second-order valence-corrected chi connectivity index (χ2v) is 9.07. The molecule has 0 spiro atoms. The van der Waals surface area contributed by atoms with Crippen molar-refractivity contribution in [3.05, 3.63) is 39.8 Å². The Hall–Kier alpha value is -3.31. The number of esters is 1. The molecule has 9 nitrogen and oxygen atoms in total. The summed E-state index contributed by atoms with van der Waals surface area (Å²) in [4.78, 5) is 45.6. The van der Waals surface area contributed by atoms with Crippen LogP contribution in [0.3, 0.4) is 0 Å². The van der Waals surface area contributed by atoms with E-state index >= 15 is 0 Å². The maximum atomic E-state index is 12.7. The van der Waals surface area contributed by atoms with Gasteiger partial charge in [-0.05, 0) is 25.1 Å². The average Bonchev–Trinajstić information content (AvgIpc) is 3.27. The van der Waals surface area contributed by atoms with Gasteiger partial charge in [0.05, 0.1) is 16.3 Å². The molecule has 2 N–H and O–H groups in total. The van der Waals surface area contributed by atoms with Gasteiger partial charge in [-0.15, -0.1) is 11.3 Å². The Kier molecular flexibility index (Phi) is 5.23. The minimum atomic E-state index is -1.04. The highest BCUT2D eigenvalue weighted by Crippen LogP contribution is 2.35. The molecule has 31 heavy (non-hydrogen) atoms. The summed E-state index contributed by atoms with van der Waals surface area (Å²) in [6.45, 7) is 6.52. The van der Waals surface area contributed by atoms with Gasteiger partial charge in [-0.1, -0.05) is 11.3 Å². The molecular formula is C20H18N4O5S2. The summed E-state index contributed by atoms with van der Waals surface area (Å²) in [7, 11) is 0. The molecule has 1 aliphatic heterocycles. The molecule has 0 atom stereocenters. The fourth-order valence-electron chi connectivity index (χ4n) is 2.93. The SMILES string of the molecule is CC(=O)Nc1nc(C)c(-c2csc(C(=O)Nc3ccc4c(c3)C(=O)OC(C)(C)O4)n2)s1. The van der Waals surface area contributed by atoms with Crippen molar-refractivity contribution in [1.82, 2.24) is 9.97 Å². The summed E-state index contributed by atoms with van der Waals surface area (Å²) in [6.07, 6.45) is 0. The highest BCUT2D eigenvalue weighted by atomic mass is 32.1. The minimum Gasteiger partial charge on any atom is -0.452 e. The van der Waals surface area contributed by atoms with Crippen molar-refractivity contribution in [3.63, 3.8) is 0 Å². The smallest absolute Gasteiger partial charge is 0.345 e. The van der Waals surface area contributed by atoms with Crippen molar-refractivity contribution >= 4 is 51.3 Å². The van der Waals surface area contributed by atoms with Crippen molar-refractivity contribution < 1.29 is 23.9 Å². The zero-order chi connectivity index (χ0) is 22.3. The number of benzene rings is 1. The molecular weight excluding hydrogens is 440 g/mol. The van der Waals surface area contributed by atoms with E-state index in [-0.39, 0.29) is 16.5 Å². The fraction of sp³-hybridized carbons (Fsp3) is 0.250. The molecule has 4 rings (SSSR count). The average molecular weight is 459 g/mol. The van der Waals surface area contributed by atoms with E-state index in [2.05, 4.69) is 20.6 Å². The summed E-state index contributed by atoms with van der Waals surface area (Å²) < 4.78 is 10.8. The van der Waals surface area contributed by atoms with E-state index in [1.165, 1.54) is 35.7 Å². The van der Waals surface area contributed by atoms with Crippen LogP contribution in [0.2, 0.25) is 0 Å². The molecule has 3 heterocycles. The van der Waals surface area contributed by atoms with Crippen LogP contribution in [0.25, 0.3) is 10.6 Å². The van der Waals surface area contributed by atoms with E-state index in [0.29, 0.717) is 28.0 Å². The van der Waals surface area contributed by atoms with E-state index in [9.17, 15) is 14.4 Å². The highest BCUT2D eigenvalue weighted by Gasteiger charge is 2.34. The van der Waals surface area contributed by atoms with Crippen molar-refractivity contribution in [2.75, 3.05) is 10.6 Å². The van der Waals surface area contributed by atoms with Gasteiger partial charge in [0.15, 0.2) is 10.1 Å². The first kappa shape index (κ1) is 20.9. The Bertz CT molecular complexity index is 1210. The number of thiazole rings is 2. The van der Waals surface area contributed by atoms with Crippen LogP contribution in [0.5, 0.6) is 5.75 Å². The molecule has 0 fully saturated rings. The zero-order valence-electron chi connectivity index (χ0n) is 17.1. The van der Waals surface area contributed by atoms with Crippen LogP contribution in [0.4, 0.5) is 10.8 Å². The Labute approximate surface area is 185 Å². The number of carbonyl (C=O) groups is 3. The third-order valence-corrected chi connectivity index (χ3v) is 6.10. The Morgan fingerprint density at radius 2 is 1.90 bits per heavy atom. The lowest BCUT2D eigenvalue weighted by Crippen LogP contribution is -2.38.